The van der Waals surface area contributed by atoms with Crippen LogP contribution >= 0.6 is 0 Å². The minimum absolute atomic E-state index is 0.312. The van der Waals surface area contributed by atoms with Gasteiger partial charge in [0.05, 0.1) is 0 Å². The van der Waals surface area contributed by atoms with E-state index in [1.807, 2.05) is 0 Å². The van der Waals surface area contributed by atoms with Crippen molar-refractivity contribution in [2.45, 2.75) is 0 Å². The van der Waals surface area contributed by atoms with Gasteiger partial charge in [0, 0.05) is 20.1 Å². The van der Waals surface area contributed by atoms with Crippen LogP contribution in [-0.2, 0) is 0 Å². The van der Waals surface area contributed by atoms with E-state index in [9.17, 15) is 9.59 Å². The van der Waals surface area contributed by atoms with Gasteiger partial charge in [-0.3, -0.25) is 0 Å². The second-order valence-electron chi connectivity index (χ2n) is 2.19. The van der Waals surface area contributed by atoms with Crippen molar-refractivity contribution in [1.82, 2.24) is 9.80 Å². The van der Waals surface area contributed by atoms with E-state index in [0.717, 1.165) is 4.90 Å². The largest absolute Gasteiger partial charge is 0.351 e. The van der Waals surface area contributed by atoms with Crippen molar-refractivity contribution in [1.29, 1.82) is 0 Å². The van der Waals surface area contributed by atoms with E-state index in [2.05, 4.69) is 0 Å². The summed E-state index contributed by atoms with van der Waals surface area (Å²) in [6.07, 6.45) is 0. The van der Waals surface area contributed by atoms with Crippen LogP contribution in [0.5, 0.6) is 0 Å². The van der Waals surface area contributed by atoms with Gasteiger partial charge < -0.3 is 10.6 Å². The predicted molar refractivity (Wildman–Crippen MR) is 34.3 cm³/mol. The third kappa shape index (κ3) is 0.896. The zero-order valence-corrected chi connectivity index (χ0v) is 5.70. The second kappa shape index (κ2) is 2.17. The number of likely N-dealkylation sites (N-methyl/N-ethyl adjacent to an activating group) is 1. The first kappa shape index (κ1) is 6.85. The summed E-state index contributed by atoms with van der Waals surface area (Å²) in [5.41, 5.74) is 4.89. The summed E-state index contributed by atoms with van der Waals surface area (Å²) >= 11 is 0. The minimum Gasteiger partial charge on any atom is -0.351 e. The van der Waals surface area contributed by atoms with Gasteiger partial charge in [-0.25, -0.2) is 14.5 Å². The molecule has 0 bridgehead atoms. The monoisotopic (exact) mass is 143 g/mol. The Kier molecular flexibility index (Phi) is 1.48. The summed E-state index contributed by atoms with van der Waals surface area (Å²) in [5.74, 6) is 0. The van der Waals surface area contributed by atoms with Gasteiger partial charge in [0.1, 0.15) is 0 Å². The highest BCUT2D eigenvalue weighted by molar-refractivity contribution is 5.93. The highest BCUT2D eigenvalue weighted by atomic mass is 16.2. The molecule has 1 fully saturated rings. The molecule has 0 unspecified atom stereocenters. The lowest BCUT2D eigenvalue weighted by Crippen LogP contribution is -2.38. The Morgan fingerprint density at radius 3 is 2.40 bits per heavy atom. The summed E-state index contributed by atoms with van der Waals surface area (Å²) in [6, 6.07) is -0.984. The molecular formula is C5H9N3O2. The zero-order valence-electron chi connectivity index (χ0n) is 5.70. The molecule has 1 aliphatic rings. The van der Waals surface area contributed by atoms with Crippen LogP contribution < -0.4 is 5.73 Å². The molecule has 5 heteroatoms. The quantitative estimate of drug-likeness (QED) is 0.493. The number of nitrogens with two attached hydrogens (primary N) is 1. The number of rotatable bonds is 0. The molecular weight excluding hydrogens is 134 g/mol. The maximum absolute atomic E-state index is 10.9. The Morgan fingerprint density at radius 1 is 1.60 bits per heavy atom. The Balaban J connectivity index is 2.66. The third-order valence-electron chi connectivity index (χ3n) is 1.48. The van der Waals surface area contributed by atoms with Crippen molar-refractivity contribution >= 4 is 12.1 Å². The van der Waals surface area contributed by atoms with Gasteiger partial charge >= 0.3 is 12.1 Å². The summed E-state index contributed by atoms with van der Waals surface area (Å²) < 4.78 is 0. The summed E-state index contributed by atoms with van der Waals surface area (Å²) in [4.78, 5) is 23.8. The van der Waals surface area contributed by atoms with Gasteiger partial charge in [-0.15, -0.1) is 0 Å². The molecule has 0 atom stereocenters. The molecule has 0 radical (unpaired) electrons. The molecule has 0 aliphatic carbocycles. The van der Waals surface area contributed by atoms with Crippen molar-refractivity contribution < 1.29 is 9.59 Å². The number of urea groups is 2. The Bertz CT molecular complexity index is 180. The molecule has 0 aromatic heterocycles. The normalized spacial score (nSPS) is 18.3. The Morgan fingerprint density at radius 2 is 2.20 bits per heavy atom. The Labute approximate surface area is 58.4 Å². The fourth-order valence-electron chi connectivity index (χ4n) is 0.852. The molecule has 0 aromatic rings. The first-order valence-electron chi connectivity index (χ1n) is 2.95. The van der Waals surface area contributed by atoms with Crippen molar-refractivity contribution in [3.63, 3.8) is 0 Å². The second-order valence-corrected chi connectivity index (χ2v) is 2.19. The van der Waals surface area contributed by atoms with Crippen molar-refractivity contribution in [3.8, 4) is 0 Å². The van der Waals surface area contributed by atoms with Gasteiger partial charge in [0.25, 0.3) is 0 Å². The van der Waals surface area contributed by atoms with E-state index in [1.54, 1.807) is 7.05 Å². The SMILES string of the molecule is CN1CCN(C(N)=O)C1=O. The molecule has 0 saturated carbocycles. The van der Waals surface area contributed by atoms with Crippen LogP contribution in [-0.4, -0.2) is 42.0 Å². The molecule has 0 spiro atoms. The van der Waals surface area contributed by atoms with Crippen LogP contribution in [0, 0.1) is 0 Å². The van der Waals surface area contributed by atoms with Crippen molar-refractivity contribution in [2.24, 2.45) is 5.73 Å². The molecule has 10 heavy (non-hydrogen) atoms. The lowest BCUT2D eigenvalue weighted by atomic mass is 10.6. The average molecular weight is 143 g/mol. The molecule has 1 saturated heterocycles. The highest BCUT2D eigenvalue weighted by Gasteiger charge is 2.28. The average Bonchev–Trinajstić information content (AvgIpc) is 2.14. The topological polar surface area (TPSA) is 66.6 Å². The zero-order chi connectivity index (χ0) is 7.72. The first-order valence-corrected chi connectivity index (χ1v) is 2.95. The lowest BCUT2D eigenvalue weighted by molar-refractivity contribution is 0.193. The predicted octanol–water partition coefficient (Wildman–Crippen LogP) is -0.568. The molecule has 1 heterocycles. The van der Waals surface area contributed by atoms with Gasteiger partial charge in [-0.05, 0) is 0 Å². The van der Waals surface area contributed by atoms with E-state index >= 15 is 0 Å². The van der Waals surface area contributed by atoms with E-state index in [1.165, 1.54) is 4.90 Å². The van der Waals surface area contributed by atoms with Gasteiger partial charge in [0.15, 0.2) is 0 Å². The highest BCUT2D eigenvalue weighted by Crippen LogP contribution is 2.03. The van der Waals surface area contributed by atoms with Crippen LogP contribution in [0.25, 0.3) is 0 Å². The number of primary amides is 1. The number of hydrogen-bond acceptors (Lipinski definition) is 2. The van der Waals surface area contributed by atoms with Crippen molar-refractivity contribution in [3.05, 3.63) is 0 Å². The number of nitrogens with zero attached hydrogens (tertiary/aromatic N) is 2. The fourth-order valence-corrected chi connectivity index (χ4v) is 0.852. The van der Waals surface area contributed by atoms with Crippen LogP contribution in [0.3, 0.4) is 0 Å². The van der Waals surface area contributed by atoms with Crippen LogP contribution in [0.15, 0.2) is 0 Å². The maximum Gasteiger partial charge on any atom is 0.327 e. The van der Waals surface area contributed by atoms with E-state index in [4.69, 9.17) is 5.73 Å². The van der Waals surface area contributed by atoms with Crippen molar-refractivity contribution in [2.75, 3.05) is 20.1 Å². The first-order chi connectivity index (χ1) is 4.63. The standard InChI is InChI=1S/C5H9N3O2/c1-7-2-3-8(4(6)9)5(7)10/h2-3H2,1H3,(H2,6,9). The number of imide groups is 1. The molecule has 0 aromatic carbocycles. The number of carbonyl (C=O) groups is 2. The molecule has 1 aliphatic heterocycles. The number of carbonyl (C=O) groups excluding carboxylic acids is 2. The fraction of sp³-hybridized carbons (Fsp3) is 0.600. The van der Waals surface area contributed by atoms with Gasteiger partial charge in [0.2, 0.25) is 0 Å². The molecule has 5 nitrogen and oxygen atoms in total. The molecule has 2 N–H and O–H groups in total. The number of hydrogen-bond donors (Lipinski definition) is 1. The smallest absolute Gasteiger partial charge is 0.327 e. The van der Waals surface area contributed by atoms with E-state index in [-0.39, 0.29) is 6.03 Å². The summed E-state index contributed by atoms with van der Waals surface area (Å²) in [6.45, 7) is 0.979. The van der Waals surface area contributed by atoms with Crippen LogP contribution in [0.1, 0.15) is 0 Å². The van der Waals surface area contributed by atoms with Crippen LogP contribution in [0.2, 0.25) is 0 Å². The molecule has 1 rings (SSSR count). The Hall–Kier alpha value is -1.26. The number of amides is 4. The van der Waals surface area contributed by atoms with Gasteiger partial charge in [-0.1, -0.05) is 0 Å². The molecule has 4 amide bonds. The maximum atomic E-state index is 10.9. The molecule has 56 valence electrons. The van der Waals surface area contributed by atoms with Gasteiger partial charge in [-0.2, -0.15) is 0 Å². The third-order valence-corrected chi connectivity index (χ3v) is 1.48. The minimum atomic E-state index is -0.672. The van der Waals surface area contributed by atoms with E-state index in [0.29, 0.717) is 13.1 Å². The van der Waals surface area contributed by atoms with E-state index < -0.39 is 6.03 Å². The van der Waals surface area contributed by atoms with Crippen LogP contribution in [0.4, 0.5) is 9.59 Å². The summed E-state index contributed by atoms with van der Waals surface area (Å²) in [5, 5.41) is 0. The lowest BCUT2D eigenvalue weighted by Gasteiger charge is -2.09. The summed E-state index contributed by atoms with van der Waals surface area (Å²) in [7, 11) is 1.63.